The quantitative estimate of drug-likeness (QED) is 0.307. The van der Waals surface area contributed by atoms with Crippen molar-refractivity contribution in [1.82, 2.24) is 10.2 Å². The number of benzene rings is 3. The van der Waals surface area contributed by atoms with Crippen molar-refractivity contribution in [2.24, 2.45) is 0 Å². The molecule has 0 aliphatic heterocycles. The highest BCUT2D eigenvalue weighted by atomic mass is 35.5. The van der Waals surface area contributed by atoms with Crippen LogP contribution in [0, 0.1) is 0 Å². The number of halogens is 2. The summed E-state index contributed by atoms with van der Waals surface area (Å²) in [4.78, 5) is 29.4. The predicted molar refractivity (Wildman–Crippen MR) is 141 cm³/mol. The molecule has 3 aromatic carbocycles. The average molecular weight is 516 g/mol. The fourth-order valence-corrected chi connectivity index (χ4v) is 4.79. The summed E-state index contributed by atoms with van der Waals surface area (Å²) in [7, 11) is 0. The molecule has 0 aliphatic carbocycles. The highest BCUT2D eigenvalue weighted by molar-refractivity contribution is 7.99. The molecule has 34 heavy (non-hydrogen) atoms. The van der Waals surface area contributed by atoms with Crippen LogP contribution in [-0.4, -0.2) is 35.1 Å². The van der Waals surface area contributed by atoms with Gasteiger partial charge in [-0.15, -0.1) is 11.8 Å². The number of carbonyl (C=O) groups is 2. The SMILES string of the molecule is CCNC(=O)[C@@H](Cc1ccccc1)N(Cc1cccc(Cl)c1)C(=O)CCSc1ccc(Cl)cc1. The molecule has 0 aromatic heterocycles. The third-order valence-corrected chi connectivity index (χ3v) is 6.76. The molecule has 3 rings (SSSR count). The molecular formula is C27H28Cl2N2O2S. The topological polar surface area (TPSA) is 49.4 Å². The van der Waals surface area contributed by atoms with Gasteiger partial charge in [0, 0.05) is 46.6 Å². The molecule has 0 saturated carbocycles. The summed E-state index contributed by atoms with van der Waals surface area (Å²) >= 11 is 13.8. The van der Waals surface area contributed by atoms with Gasteiger partial charge in [-0.3, -0.25) is 9.59 Å². The monoisotopic (exact) mass is 514 g/mol. The Balaban J connectivity index is 1.81. The predicted octanol–water partition coefficient (Wildman–Crippen LogP) is 6.25. The van der Waals surface area contributed by atoms with Crippen molar-refractivity contribution in [2.45, 2.75) is 37.2 Å². The van der Waals surface area contributed by atoms with E-state index in [9.17, 15) is 9.59 Å². The highest BCUT2D eigenvalue weighted by Crippen LogP contribution is 2.23. The van der Waals surface area contributed by atoms with Gasteiger partial charge >= 0.3 is 0 Å². The first-order chi connectivity index (χ1) is 16.5. The summed E-state index contributed by atoms with van der Waals surface area (Å²) in [5, 5.41) is 4.19. The largest absolute Gasteiger partial charge is 0.355 e. The van der Waals surface area contributed by atoms with Gasteiger partial charge in [0.05, 0.1) is 0 Å². The standard InChI is InChI=1S/C27H28Cl2N2O2S/c1-2-30-27(33)25(18-20-7-4-3-5-8-20)31(19-21-9-6-10-23(29)17-21)26(32)15-16-34-24-13-11-22(28)12-14-24/h3-14,17,25H,2,15-16,18-19H2,1H3,(H,30,33)/t25-/m1/s1. The van der Waals surface area contributed by atoms with Crippen LogP contribution >= 0.6 is 35.0 Å². The molecule has 7 heteroatoms. The van der Waals surface area contributed by atoms with Crippen LogP contribution < -0.4 is 5.32 Å². The maximum Gasteiger partial charge on any atom is 0.243 e. The fraction of sp³-hybridized carbons (Fsp3) is 0.259. The number of thioether (sulfide) groups is 1. The number of nitrogens with zero attached hydrogens (tertiary/aromatic N) is 1. The first-order valence-corrected chi connectivity index (χ1v) is 12.9. The molecule has 1 N–H and O–H groups in total. The van der Waals surface area contributed by atoms with Gasteiger partial charge in [0.1, 0.15) is 6.04 Å². The Morgan fingerprint density at radius 2 is 1.62 bits per heavy atom. The van der Waals surface area contributed by atoms with Crippen LogP contribution in [0.15, 0.2) is 83.8 Å². The molecular weight excluding hydrogens is 487 g/mol. The Bertz CT molecular complexity index is 1080. The molecule has 0 radical (unpaired) electrons. The number of rotatable bonds is 11. The minimum Gasteiger partial charge on any atom is -0.355 e. The van der Waals surface area contributed by atoms with Gasteiger partial charge in [0.15, 0.2) is 0 Å². The number of hydrogen-bond acceptors (Lipinski definition) is 3. The van der Waals surface area contributed by atoms with Gasteiger partial charge in [-0.25, -0.2) is 0 Å². The summed E-state index contributed by atoms with van der Waals surface area (Å²) in [6.45, 7) is 2.68. The van der Waals surface area contributed by atoms with Crippen LogP contribution in [0.3, 0.4) is 0 Å². The Labute approximate surface area is 215 Å². The van der Waals surface area contributed by atoms with Crippen LogP contribution in [0.2, 0.25) is 10.0 Å². The lowest BCUT2D eigenvalue weighted by Gasteiger charge is -2.31. The number of carbonyl (C=O) groups excluding carboxylic acids is 2. The number of hydrogen-bond donors (Lipinski definition) is 1. The molecule has 1 atom stereocenters. The molecule has 0 aliphatic rings. The molecule has 0 saturated heterocycles. The molecule has 3 aromatic rings. The Hall–Kier alpha value is -2.47. The number of likely N-dealkylation sites (N-methyl/N-ethyl adjacent to an activating group) is 1. The molecule has 0 bridgehead atoms. The van der Waals surface area contributed by atoms with Crippen molar-refractivity contribution < 1.29 is 9.59 Å². The minimum absolute atomic E-state index is 0.0753. The summed E-state index contributed by atoms with van der Waals surface area (Å²) in [5.74, 6) is 0.362. The molecule has 0 spiro atoms. The maximum absolute atomic E-state index is 13.5. The minimum atomic E-state index is -0.630. The van der Waals surface area contributed by atoms with E-state index in [1.54, 1.807) is 22.7 Å². The normalized spacial score (nSPS) is 11.6. The molecule has 2 amide bonds. The molecule has 0 unspecified atom stereocenters. The summed E-state index contributed by atoms with van der Waals surface area (Å²) < 4.78 is 0. The lowest BCUT2D eigenvalue weighted by atomic mass is 10.0. The zero-order valence-electron chi connectivity index (χ0n) is 19.0. The summed E-state index contributed by atoms with van der Waals surface area (Å²) in [5.41, 5.74) is 1.88. The maximum atomic E-state index is 13.5. The van der Waals surface area contributed by atoms with Crippen LogP contribution in [0.5, 0.6) is 0 Å². The second-order valence-corrected chi connectivity index (χ2v) is 9.85. The van der Waals surface area contributed by atoms with Crippen molar-refractivity contribution in [2.75, 3.05) is 12.3 Å². The van der Waals surface area contributed by atoms with E-state index < -0.39 is 6.04 Å². The van der Waals surface area contributed by atoms with Crippen molar-refractivity contribution >= 4 is 46.8 Å². The lowest BCUT2D eigenvalue weighted by molar-refractivity contribution is -0.140. The average Bonchev–Trinajstić information content (AvgIpc) is 2.83. The first-order valence-electron chi connectivity index (χ1n) is 11.2. The van der Waals surface area contributed by atoms with Crippen molar-refractivity contribution in [1.29, 1.82) is 0 Å². The zero-order valence-corrected chi connectivity index (χ0v) is 21.4. The first kappa shape index (κ1) is 26.1. The third-order valence-electron chi connectivity index (χ3n) is 5.26. The van der Waals surface area contributed by atoms with Gasteiger partial charge in [0.2, 0.25) is 11.8 Å². The highest BCUT2D eigenvalue weighted by Gasteiger charge is 2.29. The lowest BCUT2D eigenvalue weighted by Crippen LogP contribution is -2.50. The van der Waals surface area contributed by atoms with E-state index in [1.165, 1.54) is 0 Å². The van der Waals surface area contributed by atoms with Crippen LogP contribution in [0.25, 0.3) is 0 Å². The van der Waals surface area contributed by atoms with E-state index >= 15 is 0 Å². The van der Waals surface area contributed by atoms with E-state index in [-0.39, 0.29) is 11.8 Å². The summed E-state index contributed by atoms with van der Waals surface area (Å²) in [6, 6.07) is 24.1. The zero-order chi connectivity index (χ0) is 24.3. The fourth-order valence-electron chi connectivity index (χ4n) is 3.61. The third kappa shape index (κ3) is 8.08. The van der Waals surface area contributed by atoms with Gasteiger partial charge in [-0.2, -0.15) is 0 Å². The van der Waals surface area contributed by atoms with E-state index in [1.807, 2.05) is 79.7 Å². The van der Waals surface area contributed by atoms with Crippen molar-refractivity contribution in [3.63, 3.8) is 0 Å². The van der Waals surface area contributed by atoms with E-state index in [0.29, 0.717) is 41.7 Å². The Morgan fingerprint density at radius 1 is 0.912 bits per heavy atom. The Kier molecular flexibility index (Phi) is 10.3. The van der Waals surface area contributed by atoms with Gasteiger partial charge in [-0.1, -0.05) is 65.7 Å². The van der Waals surface area contributed by atoms with Crippen molar-refractivity contribution in [3.8, 4) is 0 Å². The molecule has 0 fully saturated rings. The number of nitrogens with one attached hydrogen (secondary N) is 1. The van der Waals surface area contributed by atoms with Gasteiger partial charge < -0.3 is 10.2 Å². The second-order valence-electron chi connectivity index (χ2n) is 7.80. The Morgan fingerprint density at radius 3 is 2.29 bits per heavy atom. The van der Waals surface area contributed by atoms with E-state index in [4.69, 9.17) is 23.2 Å². The van der Waals surface area contributed by atoms with Crippen LogP contribution in [0.1, 0.15) is 24.5 Å². The number of amides is 2. The van der Waals surface area contributed by atoms with Crippen molar-refractivity contribution in [3.05, 3.63) is 100 Å². The van der Waals surface area contributed by atoms with E-state index in [2.05, 4.69) is 5.32 Å². The molecule has 0 heterocycles. The summed E-state index contributed by atoms with van der Waals surface area (Å²) in [6.07, 6.45) is 0.738. The van der Waals surface area contributed by atoms with E-state index in [0.717, 1.165) is 16.0 Å². The molecule has 178 valence electrons. The van der Waals surface area contributed by atoms with Gasteiger partial charge in [0.25, 0.3) is 0 Å². The van der Waals surface area contributed by atoms with Gasteiger partial charge in [-0.05, 0) is 54.4 Å². The smallest absolute Gasteiger partial charge is 0.243 e. The second kappa shape index (κ2) is 13.4. The van der Waals surface area contributed by atoms with Crippen LogP contribution in [0.4, 0.5) is 0 Å². The molecule has 4 nitrogen and oxygen atoms in total. The van der Waals surface area contributed by atoms with Crippen LogP contribution in [-0.2, 0) is 22.6 Å².